The molecule has 1 unspecified atom stereocenters. The molecule has 3 rings (SSSR count). The van der Waals surface area contributed by atoms with Gasteiger partial charge in [0.25, 0.3) is 11.8 Å². The Morgan fingerprint density at radius 1 is 1.05 bits per heavy atom. The van der Waals surface area contributed by atoms with Gasteiger partial charge in [-0.1, -0.05) is 56.3 Å². The Balaban J connectivity index is 1.76. The Kier molecular flexibility index (Phi) is 10.1. The number of carbonyl (C=O) groups is 3. The molecule has 0 saturated heterocycles. The first-order chi connectivity index (χ1) is 18.8. The Hall–Kier alpha value is -4.73. The normalized spacial score (nSPS) is 12.1. The maximum Gasteiger partial charge on any atom is 0.333 e. The standard InChI is InChI=1S/C29H33N5O5/c1-4-21(5-2)33-26(35)23(31)16-22(30)19-13-10-14-20(15-19)28-32-17-24(39-28)27(36)34-25(29(37)38-6-3)18-11-8-7-9-12-18/h7-17,21,25,31H,4-6,30H2,1-3H3,(H,33,35)(H,34,36)/b22-16-,31-23?. The summed E-state index contributed by atoms with van der Waals surface area (Å²) in [6.45, 7) is 5.79. The van der Waals surface area contributed by atoms with E-state index in [1.54, 1.807) is 61.5 Å². The third kappa shape index (κ3) is 7.64. The zero-order valence-electron chi connectivity index (χ0n) is 22.2. The van der Waals surface area contributed by atoms with Crippen molar-refractivity contribution in [3.8, 4) is 11.5 Å². The summed E-state index contributed by atoms with van der Waals surface area (Å²) in [5.41, 5.74) is 7.77. The Morgan fingerprint density at radius 2 is 1.77 bits per heavy atom. The van der Waals surface area contributed by atoms with Crippen molar-refractivity contribution in [3.63, 3.8) is 0 Å². The van der Waals surface area contributed by atoms with Crippen molar-refractivity contribution in [1.29, 1.82) is 5.41 Å². The highest BCUT2D eigenvalue weighted by molar-refractivity contribution is 6.43. The van der Waals surface area contributed by atoms with Crippen molar-refractivity contribution in [2.24, 2.45) is 5.73 Å². The molecule has 0 fully saturated rings. The quantitative estimate of drug-likeness (QED) is 0.203. The summed E-state index contributed by atoms with van der Waals surface area (Å²) in [7, 11) is 0. The predicted molar refractivity (Wildman–Crippen MR) is 148 cm³/mol. The van der Waals surface area contributed by atoms with Crippen LogP contribution >= 0.6 is 0 Å². The number of rotatable bonds is 12. The van der Waals surface area contributed by atoms with Gasteiger partial charge >= 0.3 is 5.97 Å². The van der Waals surface area contributed by atoms with E-state index >= 15 is 0 Å². The molecule has 2 amide bonds. The summed E-state index contributed by atoms with van der Waals surface area (Å²) in [5.74, 6) is -1.66. The molecule has 1 atom stereocenters. The van der Waals surface area contributed by atoms with Gasteiger partial charge in [-0.05, 0) is 49.1 Å². The number of hydrogen-bond donors (Lipinski definition) is 4. The summed E-state index contributed by atoms with van der Waals surface area (Å²) < 4.78 is 10.8. The van der Waals surface area contributed by atoms with Crippen LogP contribution in [0.4, 0.5) is 0 Å². The van der Waals surface area contributed by atoms with Gasteiger partial charge in [-0.15, -0.1) is 0 Å². The molecule has 0 spiro atoms. The van der Waals surface area contributed by atoms with E-state index in [0.29, 0.717) is 16.7 Å². The minimum Gasteiger partial charge on any atom is -0.464 e. The molecule has 0 saturated carbocycles. The highest BCUT2D eigenvalue weighted by Crippen LogP contribution is 2.23. The van der Waals surface area contributed by atoms with Crippen molar-refractivity contribution in [2.45, 2.75) is 45.7 Å². The molecule has 0 radical (unpaired) electrons. The number of nitrogens with zero attached hydrogens (tertiary/aromatic N) is 1. The molecular formula is C29H33N5O5. The van der Waals surface area contributed by atoms with E-state index in [9.17, 15) is 14.4 Å². The molecule has 2 aromatic carbocycles. The first-order valence-electron chi connectivity index (χ1n) is 12.7. The zero-order valence-corrected chi connectivity index (χ0v) is 22.2. The number of amides is 2. The Labute approximate surface area is 227 Å². The summed E-state index contributed by atoms with van der Waals surface area (Å²) in [5, 5.41) is 13.5. The molecule has 204 valence electrons. The second kappa shape index (κ2) is 13.7. The lowest BCUT2D eigenvalue weighted by molar-refractivity contribution is -0.145. The first kappa shape index (κ1) is 28.8. The van der Waals surface area contributed by atoms with Crippen LogP contribution in [0.5, 0.6) is 0 Å². The lowest BCUT2D eigenvalue weighted by Gasteiger charge is -2.16. The molecule has 0 bridgehead atoms. The fourth-order valence-corrected chi connectivity index (χ4v) is 3.76. The van der Waals surface area contributed by atoms with Crippen LogP contribution < -0.4 is 16.4 Å². The first-order valence-corrected chi connectivity index (χ1v) is 12.7. The van der Waals surface area contributed by atoms with Crippen LogP contribution in [-0.4, -0.2) is 41.1 Å². The Morgan fingerprint density at radius 3 is 2.44 bits per heavy atom. The highest BCUT2D eigenvalue weighted by atomic mass is 16.5. The van der Waals surface area contributed by atoms with Crippen LogP contribution in [0.2, 0.25) is 0 Å². The van der Waals surface area contributed by atoms with Crippen LogP contribution in [0.25, 0.3) is 17.2 Å². The van der Waals surface area contributed by atoms with E-state index in [1.807, 2.05) is 13.8 Å². The van der Waals surface area contributed by atoms with E-state index in [1.165, 1.54) is 12.3 Å². The van der Waals surface area contributed by atoms with E-state index in [2.05, 4.69) is 15.6 Å². The number of hydrogen-bond acceptors (Lipinski definition) is 8. The second-order valence-corrected chi connectivity index (χ2v) is 8.68. The minimum atomic E-state index is -1.02. The van der Waals surface area contributed by atoms with Crippen LogP contribution in [-0.2, 0) is 14.3 Å². The predicted octanol–water partition coefficient (Wildman–Crippen LogP) is 4.00. The number of nitrogens with one attached hydrogen (secondary N) is 3. The van der Waals surface area contributed by atoms with E-state index < -0.39 is 23.8 Å². The summed E-state index contributed by atoms with van der Waals surface area (Å²) >= 11 is 0. The number of esters is 1. The van der Waals surface area contributed by atoms with Crippen LogP contribution in [0.3, 0.4) is 0 Å². The molecule has 1 aromatic heterocycles. The van der Waals surface area contributed by atoms with Crippen LogP contribution in [0, 0.1) is 5.41 Å². The largest absolute Gasteiger partial charge is 0.464 e. The zero-order chi connectivity index (χ0) is 28.4. The van der Waals surface area contributed by atoms with Gasteiger partial charge in [0.1, 0.15) is 5.71 Å². The van der Waals surface area contributed by atoms with E-state index in [4.69, 9.17) is 20.3 Å². The molecule has 5 N–H and O–H groups in total. The molecule has 0 aliphatic rings. The topological polar surface area (TPSA) is 160 Å². The summed E-state index contributed by atoms with van der Waals surface area (Å²) in [6, 6.07) is 14.6. The van der Waals surface area contributed by atoms with Gasteiger partial charge in [0.05, 0.1) is 12.8 Å². The van der Waals surface area contributed by atoms with Crippen molar-refractivity contribution in [3.05, 3.63) is 83.8 Å². The van der Waals surface area contributed by atoms with Gasteiger partial charge in [-0.2, -0.15) is 0 Å². The van der Waals surface area contributed by atoms with Crippen molar-refractivity contribution < 1.29 is 23.5 Å². The number of ether oxygens (including phenoxy) is 1. The highest BCUT2D eigenvalue weighted by Gasteiger charge is 2.26. The minimum absolute atomic E-state index is 0.00695. The second-order valence-electron chi connectivity index (χ2n) is 8.68. The van der Waals surface area contributed by atoms with Crippen LogP contribution in [0.15, 0.2) is 71.3 Å². The van der Waals surface area contributed by atoms with Gasteiger partial charge in [-0.3, -0.25) is 15.0 Å². The monoisotopic (exact) mass is 531 g/mol. The molecule has 39 heavy (non-hydrogen) atoms. The van der Waals surface area contributed by atoms with Crippen molar-refractivity contribution >= 4 is 29.2 Å². The van der Waals surface area contributed by atoms with Crippen LogP contribution in [0.1, 0.15) is 61.3 Å². The maximum absolute atomic E-state index is 12.9. The summed E-state index contributed by atoms with van der Waals surface area (Å²) in [4.78, 5) is 41.9. The van der Waals surface area contributed by atoms with E-state index in [0.717, 1.165) is 12.8 Å². The van der Waals surface area contributed by atoms with Gasteiger partial charge in [0.2, 0.25) is 11.7 Å². The fourth-order valence-electron chi connectivity index (χ4n) is 3.76. The SMILES string of the molecule is CCOC(=O)C(NC(=O)c1cnc(-c2cccc(/C(N)=C/C(=N)C(=O)NC(CC)CC)c2)o1)c1ccccc1. The number of aromatic nitrogens is 1. The molecule has 0 aliphatic heterocycles. The molecule has 0 aliphatic carbocycles. The number of nitrogens with two attached hydrogens (primary N) is 1. The third-order valence-corrected chi connectivity index (χ3v) is 5.97. The molecule has 10 heteroatoms. The third-order valence-electron chi connectivity index (χ3n) is 5.97. The van der Waals surface area contributed by atoms with Gasteiger partial charge in [0, 0.05) is 17.3 Å². The number of carbonyl (C=O) groups excluding carboxylic acids is 3. The van der Waals surface area contributed by atoms with Gasteiger partial charge in [0.15, 0.2) is 6.04 Å². The summed E-state index contributed by atoms with van der Waals surface area (Å²) in [6.07, 6.45) is 4.09. The smallest absolute Gasteiger partial charge is 0.333 e. The lowest BCUT2D eigenvalue weighted by atomic mass is 10.1. The Bertz CT molecular complexity index is 1340. The molecular weight excluding hydrogens is 498 g/mol. The van der Waals surface area contributed by atoms with Gasteiger partial charge < -0.3 is 25.5 Å². The van der Waals surface area contributed by atoms with Crippen molar-refractivity contribution in [1.82, 2.24) is 15.6 Å². The maximum atomic E-state index is 12.9. The number of oxazole rings is 1. The fraction of sp³-hybridized carbons (Fsp3) is 0.276. The molecule has 3 aromatic rings. The van der Waals surface area contributed by atoms with Gasteiger partial charge in [-0.25, -0.2) is 9.78 Å². The molecule has 10 nitrogen and oxygen atoms in total. The average Bonchev–Trinajstić information content (AvgIpc) is 3.45. The number of benzene rings is 2. The lowest BCUT2D eigenvalue weighted by Crippen LogP contribution is -2.37. The molecule has 1 heterocycles. The average molecular weight is 532 g/mol. The van der Waals surface area contributed by atoms with Crippen molar-refractivity contribution in [2.75, 3.05) is 6.61 Å². The van der Waals surface area contributed by atoms with E-state index in [-0.39, 0.29) is 35.7 Å².